The van der Waals surface area contributed by atoms with Crippen LogP contribution in [0.3, 0.4) is 0 Å². The van der Waals surface area contributed by atoms with Crippen molar-refractivity contribution in [3.63, 3.8) is 0 Å². The van der Waals surface area contributed by atoms with E-state index in [-0.39, 0.29) is 11.8 Å². The van der Waals surface area contributed by atoms with Gasteiger partial charge in [0, 0.05) is 19.0 Å². The highest BCUT2D eigenvalue weighted by Gasteiger charge is 2.62. The summed E-state index contributed by atoms with van der Waals surface area (Å²) in [6.45, 7) is 3.68. The lowest BCUT2D eigenvalue weighted by molar-refractivity contribution is -0.130. The fourth-order valence-corrected chi connectivity index (χ4v) is 7.86. The van der Waals surface area contributed by atoms with Crippen molar-refractivity contribution in [3.8, 4) is 6.07 Å². The minimum Gasteiger partial charge on any atom is -0.354 e. The van der Waals surface area contributed by atoms with Crippen LogP contribution in [-0.2, 0) is 15.7 Å². The fourth-order valence-electron chi connectivity index (χ4n) is 6.69. The Morgan fingerprint density at radius 1 is 0.944 bits per heavy atom. The number of carbonyl (C=O) groups excluding carboxylic acids is 1. The van der Waals surface area contributed by atoms with E-state index in [1.165, 1.54) is 16.7 Å². The Morgan fingerprint density at radius 3 is 2.14 bits per heavy atom. The van der Waals surface area contributed by atoms with Crippen LogP contribution in [0.25, 0.3) is 0 Å². The van der Waals surface area contributed by atoms with Crippen molar-refractivity contribution >= 4 is 21.8 Å². The first-order chi connectivity index (χ1) is 17.5. The molecule has 1 N–H and O–H groups in total. The van der Waals surface area contributed by atoms with Crippen LogP contribution in [0, 0.1) is 22.7 Å². The SMILES string of the molecule is N#CC1(C(=O)NCC2CCN(Cc3ccccc3)CC2)CC2(Br)c3ccccc3C1c1ccccc12. The minimum atomic E-state index is -1.14. The van der Waals surface area contributed by atoms with E-state index in [0.717, 1.165) is 43.6 Å². The summed E-state index contributed by atoms with van der Waals surface area (Å²) >= 11 is 4.04. The van der Waals surface area contributed by atoms with E-state index in [0.29, 0.717) is 18.9 Å². The number of hydrogen-bond acceptors (Lipinski definition) is 3. The maximum absolute atomic E-state index is 13.9. The molecule has 1 amide bonds. The molecule has 3 aromatic rings. The lowest BCUT2D eigenvalue weighted by Gasteiger charge is -2.53. The second-order valence-corrected chi connectivity index (χ2v) is 11.9. The van der Waals surface area contributed by atoms with Crippen molar-refractivity contribution in [1.82, 2.24) is 10.2 Å². The Kier molecular flexibility index (Phi) is 5.98. The van der Waals surface area contributed by atoms with Crippen molar-refractivity contribution in [2.24, 2.45) is 11.3 Å². The van der Waals surface area contributed by atoms with Gasteiger partial charge in [-0.15, -0.1) is 0 Å². The third kappa shape index (κ3) is 3.70. The van der Waals surface area contributed by atoms with Gasteiger partial charge < -0.3 is 5.32 Å². The molecule has 1 atom stereocenters. The average Bonchev–Trinajstić information content (AvgIpc) is 2.93. The van der Waals surface area contributed by atoms with Crippen LogP contribution in [-0.4, -0.2) is 30.4 Å². The number of fused-ring (bicyclic) bond motifs is 1. The summed E-state index contributed by atoms with van der Waals surface area (Å²) in [5.74, 6) is 0.0478. The van der Waals surface area contributed by atoms with Gasteiger partial charge in [0.05, 0.1) is 10.4 Å². The van der Waals surface area contributed by atoms with E-state index < -0.39 is 9.74 Å². The van der Waals surface area contributed by atoms with Crippen LogP contribution in [0.4, 0.5) is 0 Å². The number of hydrogen-bond donors (Lipinski definition) is 1. The van der Waals surface area contributed by atoms with Gasteiger partial charge in [0.2, 0.25) is 5.91 Å². The molecule has 4 aliphatic rings. The standard InChI is InChI=1S/C31H30BrN3O/c32-31-20-30(21-33,28(24-10-4-6-12-26(24)31)25-11-5-7-13-27(25)31)29(36)34-18-22-14-16-35(17-15-22)19-23-8-2-1-3-9-23/h1-13,22,28H,14-20H2,(H,34,36). The second kappa shape index (κ2) is 9.18. The Bertz CT molecular complexity index is 1280. The summed E-state index contributed by atoms with van der Waals surface area (Å²) in [6, 6.07) is 29.7. The molecular weight excluding hydrogens is 510 g/mol. The molecular formula is C31H30BrN3O. The number of likely N-dealkylation sites (tertiary alicyclic amines) is 1. The zero-order valence-electron chi connectivity index (χ0n) is 20.3. The molecule has 1 heterocycles. The van der Waals surface area contributed by atoms with Crippen molar-refractivity contribution in [1.29, 1.82) is 5.26 Å². The maximum Gasteiger partial charge on any atom is 0.241 e. The van der Waals surface area contributed by atoms with Crippen molar-refractivity contribution in [2.45, 2.75) is 36.0 Å². The lowest BCUT2D eigenvalue weighted by atomic mass is 9.52. The van der Waals surface area contributed by atoms with E-state index >= 15 is 0 Å². The molecule has 1 saturated heterocycles. The monoisotopic (exact) mass is 539 g/mol. The summed E-state index contributed by atoms with van der Waals surface area (Å²) < 4.78 is -0.537. The number of benzene rings is 3. The fraction of sp³-hybridized carbons (Fsp3) is 0.355. The number of piperidine rings is 1. The highest BCUT2D eigenvalue weighted by Crippen LogP contribution is 2.65. The molecule has 0 spiro atoms. The number of rotatable bonds is 5. The van der Waals surface area contributed by atoms with Crippen LogP contribution in [0.15, 0.2) is 78.9 Å². The number of nitrogens with zero attached hydrogens (tertiary/aromatic N) is 2. The lowest BCUT2D eigenvalue weighted by Crippen LogP contribution is -2.55. The summed E-state index contributed by atoms with van der Waals surface area (Å²) in [4.78, 5) is 16.4. The number of nitrogens with one attached hydrogen (secondary N) is 1. The number of amides is 1. The minimum absolute atomic E-state index is 0.130. The number of halogens is 1. The predicted molar refractivity (Wildman–Crippen MR) is 145 cm³/mol. The summed E-state index contributed by atoms with van der Waals surface area (Å²) in [6.07, 6.45) is 2.56. The molecule has 36 heavy (non-hydrogen) atoms. The smallest absolute Gasteiger partial charge is 0.241 e. The predicted octanol–water partition coefficient (Wildman–Crippen LogP) is 5.71. The first-order valence-electron chi connectivity index (χ1n) is 12.9. The van der Waals surface area contributed by atoms with E-state index in [1.807, 2.05) is 24.3 Å². The van der Waals surface area contributed by atoms with Gasteiger partial charge in [-0.25, -0.2) is 0 Å². The zero-order valence-corrected chi connectivity index (χ0v) is 21.9. The van der Waals surface area contributed by atoms with Gasteiger partial charge in [-0.1, -0.05) is 94.8 Å². The molecule has 0 aromatic heterocycles. The van der Waals surface area contributed by atoms with Gasteiger partial charge >= 0.3 is 0 Å². The largest absolute Gasteiger partial charge is 0.354 e. The van der Waals surface area contributed by atoms with E-state index in [9.17, 15) is 10.1 Å². The molecule has 5 heteroatoms. The highest BCUT2D eigenvalue weighted by atomic mass is 79.9. The summed E-state index contributed by atoms with van der Waals surface area (Å²) in [5.41, 5.74) is 4.74. The van der Waals surface area contributed by atoms with Gasteiger partial charge in [0.1, 0.15) is 5.41 Å². The van der Waals surface area contributed by atoms with Gasteiger partial charge in [-0.2, -0.15) is 5.26 Å². The second-order valence-electron chi connectivity index (χ2n) is 10.6. The van der Waals surface area contributed by atoms with E-state index in [4.69, 9.17) is 0 Å². The highest BCUT2D eigenvalue weighted by molar-refractivity contribution is 9.09. The molecule has 3 aromatic carbocycles. The molecule has 4 nitrogen and oxygen atoms in total. The third-order valence-corrected chi connectivity index (χ3v) is 9.66. The van der Waals surface area contributed by atoms with Crippen LogP contribution in [0.1, 0.15) is 53.0 Å². The molecule has 1 fully saturated rings. The van der Waals surface area contributed by atoms with Crippen molar-refractivity contribution in [2.75, 3.05) is 19.6 Å². The van der Waals surface area contributed by atoms with Gasteiger partial charge in [0.15, 0.2) is 0 Å². The quantitative estimate of drug-likeness (QED) is 0.422. The Balaban J connectivity index is 1.19. The first-order valence-corrected chi connectivity index (χ1v) is 13.7. The normalized spacial score (nSPS) is 27.1. The van der Waals surface area contributed by atoms with Crippen molar-refractivity contribution < 1.29 is 4.79 Å². The Hall–Kier alpha value is -2.94. The Labute approximate surface area is 221 Å². The Morgan fingerprint density at radius 2 is 1.53 bits per heavy atom. The van der Waals surface area contributed by atoms with Crippen LogP contribution in [0.5, 0.6) is 0 Å². The van der Waals surface area contributed by atoms with Gasteiger partial charge in [0.25, 0.3) is 0 Å². The maximum atomic E-state index is 13.9. The summed E-state index contributed by atoms with van der Waals surface area (Å²) in [5, 5.41) is 13.8. The molecule has 0 saturated carbocycles. The molecule has 3 aliphatic carbocycles. The number of alkyl halides is 1. The third-order valence-electron chi connectivity index (χ3n) is 8.52. The molecule has 1 aliphatic heterocycles. The molecule has 2 bridgehead atoms. The first kappa shape index (κ1) is 23.5. The van der Waals surface area contributed by atoms with E-state index in [2.05, 4.69) is 86.8 Å². The van der Waals surface area contributed by atoms with Crippen molar-refractivity contribution in [3.05, 3.63) is 107 Å². The zero-order chi connectivity index (χ0) is 24.8. The van der Waals surface area contributed by atoms with Crippen LogP contribution >= 0.6 is 15.9 Å². The van der Waals surface area contributed by atoms with Crippen LogP contribution < -0.4 is 5.32 Å². The summed E-state index contributed by atoms with van der Waals surface area (Å²) in [7, 11) is 0. The molecule has 1 unspecified atom stereocenters. The van der Waals surface area contributed by atoms with Crippen LogP contribution in [0.2, 0.25) is 0 Å². The molecule has 182 valence electrons. The molecule has 0 radical (unpaired) electrons. The average molecular weight is 541 g/mol. The molecule has 7 rings (SSSR count). The number of carbonyl (C=O) groups is 1. The topological polar surface area (TPSA) is 56.1 Å². The van der Waals surface area contributed by atoms with Gasteiger partial charge in [-0.3, -0.25) is 9.69 Å². The van der Waals surface area contributed by atoms with Gasteiger partial charge in [-0.05, 0) is 66.1 Å². The number of nitriles is 1. The van der Waals surface area contributed by atoms with E-state index in [1.54, 1.807) is 0 Å².